The summed E-state index contributed by atoms with van der Waals surface area (Å²) in [4.78, 5) is 10.6. The van der Waals surface area contributed by atoms with Crippen molar-refractivity contribution in [1.82, 2.24) is 9.97 Å². The Balaban J connectivity index is 1.77. The van der Waals surface area contributed by atoms with Crippen LogP contribution in [0.4, 0.5) is 11.8 Å². The monoisotopic (exact) mass is 329 g/mol. The van der Waals surface area contributed by atoms with Crippen LogP contribution in [-0.4, -0.2) is 35.3 Å². The maximum absolute atomic E-state index is 9.90. The molecule has 0 aliphatic heterocycles. The molecule has 0 unspecified atom stereocenters. The number of nitrogens with zero attached hydrogens (tertiary/aromatic N) is 3. The minimum absolute atomic E-state index is 0.120. The Morgan fingerprint density at radius 1 is 1.29 bits per heavy atom. The Hall–Kier alpha value is -2.54. The maximum Gasteiger partial charge on any atom is 0.222 e. The fourth-order valence-electron chi connectivity index (χ4n) is 2.97. The lowest BCUT2D eigenvalue weighted by Gasteiger charge is -2.32. The van der Waals surface area contributed by atoms with Crippen LogP contribution in [0.2, 0.25) is 0 Å². The van der Waals surface area contributed by atoms with Gasteiger partial charge in [0.25, 0.3) is 0 Å². The lowest BCUT2D eigenvalue weighted by atomic mass is 9.78. The van der Waals surface area contributed by atoms with E-state index in [1.165, 1.54) is 7.11 Å². The quantitative estimate of drug-likeness (QED) is 0.764. The molecule has 1 aromatic carbocycles. The van der Waals surface area contributed by atoms with E-state index in [0.29, 0.717) is 18.2 Å². The highest BCUT2D eigenvalue weighted by molar-refractivity contribution is 5.47. The number of anilines is 2. The number of aromatic hydroxyl groups is 1. The molecule has 0 amide bonds. The molecule has 128 valence electrons. The van der Waals surface area contributed by atoms with Crippen molar-refractivity contribution in [2.24, 2.45) is 5.73 Å². The van der Waals surface area contributed by atoms with Crippen molar-refractivity contribution in [3.05, 3.63) is 35.5 Å². The molecular weight excluding hydrogens is 306 g/mol. The average Bonchev–Trinajstić information content (AvgIpc) is 2.51. The van der Waals surface area contributed by atoms with Crippen LogP contribution in [-0.2, 0) is 6.54 Å². The van der Waals surface area contributed by atoms with Gasteiger partial charge in [-0.05, 0) is 30.5 Å². The number of methoxy groups -OCH3 is 1. The summed E-state index contributed by atoms with van der Waals surface area (Å²) in [5.41, 5.74) is 13.6. The zero-order valence-corrected chi connectivity index (χ0v) is 13.9. The van der Waals surface area contributed by atoms with Gasteiger partial charge in [-0.1, -0.05) is 6.07 Å². The van der Waals surface area contributed by atoms with Crippen molar-refractivity contribution >= 4 is 11.8 Å². The number of aromatic nitrogens is 2. The van der Waals surface area contributed by atoms with Crippen LogP contribution in [0.3, 0.4) is 0 Å². The predicted molar refractivity (Wildman–Crippen MR) is 93.2 cm³/mol. The molecule has 1 fully saturated rings. The number of phenols is 1. The molecular formula is C17H23N5O2. The summed E-state index contributed by atoms with van der Waals surface area (Å²) in [5, 5.41) is 9.90. The third-order valence-corrected chi connectivity index (χ3v) is 4.40. The minimum atomic E-state index is 0.120. The number of hydrogen-bond acceptors (Lipinski definition) is 7. The normalized spacial score (nSPS) is 19.6. The lowest BCUT2D eigenvalue weighted by Crippen LogP contribution is -2.35. The van der Waals surface area contributed by atoms with E-state index < -0.39 is 0 Å². The number of phenolic OH excluding ortho intramolecular Hbond substituents is 1. The number of ether oxygens (including phenoxy) is 1. The fourth-order valence-corrected chi connectivity index (χ4v) is 2.97. The first-order chi connectivity index (χ1) is 11.5. The first-order valence-electron chi connectivity index (χ1n) is 7.93. The van der Waals surface area contributed by atoms with Gasteiger partial charge in [-0.3, -0.25) is 0 Å². The molecule has 5 N–H and O–H groups in total. The van der Waals surface area contributed by atoms with Crippen molar-refractivity contribution in [2.45, 2.75) is 31.3 Å². The van der Waals surface area contributed by atoms with E-state index in [0.717, 1.165) is 29.9 Å². The average molecular weight is 329 g/mol. The molecule has 0 bridgehead atoms. The Morgan fingerprint density at radius 3 is 2.67 bits per heavy atom. The van der Waals surface area contributed by atoms with Crippen LogP contribution in [0.25, 0.3) is 0 Å². The smallest absolute Gasteiger partial charge is 0.222 e. The van der Waals surface area contributed by atoms with Crippen molar-refractivity contribution < 1.29 is 9.84 Å². The van der Waals surface area contributed by atoms with Gasteiger partial charge >= 0.3 is 0 Å². The Morgan fingerprint density at radius 2 is 2.04 bits per heavy atom. The molecule has 7 nitrogen and oxygen atoms in total. The zero-order valence-electron chi connectivity index (χ0n) is 13.9. The van der Waals surface area contributed by atoms with E-state index in [9.17, 15) is 5.11 Å². The molecule has 0 atom stereocenters. The van der Waals surface area contributed by atoms with Gasteiger partial charge < -0.3 is 26.2 Å². The number of rotatable bonds is 5. The van der Waals surface area contributed by atoms with E-state index in [2.05, 4.69) is 9.97 Å². The summed E-state index contributed by atoms with van der Waals surface area (Å²) < 4.78 is 5.06. The van der Waals surface area contributed by atoms with Crippen molar-refractivity contribution in [3.63, 3.8) is 0 Å². The lowest BCUT2D eigenvalue weighted by molar-refractivity contribution is 0.345. The van der Waals surface area contributed by atoms with Crippen LogP contribution in [0, 0.1) is 0 Å². The van der Waals surface area contributed by atoms with Crippen molar-refractivity contribution in [3.8, 4) is 11.5 Å². The molecule has 3 rings (SSSR count). The predicted octanol–water partition coefficient (Wildman–Crippen LogP) is 1.61. The summed E-state index contributed by atoms with van der Waals surface area (Å²) in [7, 11) is 3.46. The summed E-state index contributed by atoms with van der Waals surface area (Å²) in [6.07, 6.45) is 1.87. The molecule has 0 spiro atoms. The third-order valence-electron chi connectivity index (χ3n) is 4.40. The summed E-state index contributed by atoms with van der Waals surface area (Å²) in [6.45, 7) is 0.581. The summed E-state index contributed by atoms with van der Waals surface area (Å²) in [6, 6.07) is 7.57. The van der Waals surface area contributed by atoms with Gasteiger partial charge in [-0.2, -0.15) is 4.98 Å². The van der Waals surface area contributed by atoms with E-state index in [4.69, 9.17) is 16.2 Å². The van der Waals surface area contributed by atoms with Gasteiger partial charge in [0.2, 0.25) is 5.95 Å². The molecule has 2 aromatic rings. The molecule has 1 aliphatic carbocycles. The topological polar surface area (TPSA) is 111 Å². The van der Waals surface area contributed by atoms with Crippen molar-refractivity contribution in [2.75, 3.05) is 24.8 Å². The maximum atomic E-state index is 9.90. The van der Waals surface area contributed by atoms with Crippen LogP contribution in [0.5, 0.6) is 11.5 Å². The third kappa shape index (κ3) is 3.35. The number of nitrogens with two attached hydrogens (primary N) is 2. The second-order valence-corrected chi connectivity index (χ2v) is 6.30. The molecule has 1 heterocycles. The first kappa shape index (κ1) is 16.3. The Bertz CT molecular complexity index is 731. The Kier molecular flexibility index (Phi) is 4.44. The number of hydrogen-bond donors (Lipinski definition) is 3. The molecule has 0 saturated heterocycles. The number of nitrogen functional groups attached to an aromatic ring is 1. The molecule has 1 aromatic heterocycles. The second-order valence-electron chi connectivity index (χ2n) is 6.30. The van der Waals surface area contributed by atoms with Crippen LogP contribution >= 0.6 is 0 Å². The standard InChI is InChI=1S/C17H23N5O2/c1-22(9-10-3-4-15(24-2)14(23)5-10)16-8-13(20-17(19)21-16)11-6-12(18)7-11/h3-5,8,11-12,23H,6-7,9,18H2,1-2H3,(H2,19,20,21). The zero-order chi connectivity index (χ0) is 17.3. The Labute approximate surface area is 141 Å². The van der Waals surface area contributed by atoms with E-state index in [1.807, 2.05) is 24.1 Å². The molecule has 1 saturated carbocycles. The van der Waals surface area contributed by atoms with Gasteiger partial charge in [0.15, 0.2) is 11.5 Å². The second kappa shape index (κ2) is 6.52. The van der Waals surface area contributed by atoms with E-state index in [-0.39, 0.29) is 17.7 Å². The van der Waals surface area contributed by atoms with Crippen LogP contribution in [0.15, 0.2) is 24.3 Å². The van der Waals surface area contributed by atoms with E-state index in [1.54, 1.807) is 12.1 Å². The van der Waals surface area contributed by atoms with E-state index >= 15 is 0 Å². The van der Waals surface area contributed by atoms with Gasteiger partial charge in [0, 0.05) is 31.6 Å². The molecule has 24 heavy (non-hydrogen) atoms. The molecule has 1 aliphatic rings. The number of benzene rings is 1. The molecule has 0 radical (unpaired) electrons. The highest BCUT2D eigenvalue weighted by atomic mass is 16.5. The van der Waals surface area contributed by atoms with Crippen LogP contribution in [0.1, 0.15) is 30.0 Å². The highest BCUT2D eigenvalue weighted by Gasteiger charge is 2.29. The van der Waals surface area contributed by atoms with Gasteiger partial charge in [0.1, 0.15) is 5.82 Å². The first-order valence-corrected chi connectivity index (χ1v) is 7.93. The van der Waals surface area contributed by atoms with Gasteiger partial charge in [-0.25, -0.2) is 4.98 Å². The summed E-state index contributed by atoms with van der Waals surface area (Å²) >= 11 is 0. The van der Waals surface area contributed by atoms with Gasteiger partial charge in [-0.15, -0.1) is 0 Å². The largest absolute Gasteiger partial charge is 0.504 e. The fraction of sp³-hybridized carbons (Fsp3) is 0.412. The van der Waals surface area contributed by atoms with Gasteiger partial charge in [0.05, 0.1) is 12.8 Å². The minimum Gasteiger partial charge on any atom is -0.504 e. The molecule has 7 heteroatoms. The highest BCUT2D eigenvalue weighted by Crippen LogP contribution is 2.36. The SMILES string of the molecule is COc1ccc(CN(C)c2cc(C3CC(N)C3)nc(N)n2)cc1O. The van der Waals surface area contributed by atoms with Crippen molar-refractivity contribution in [1.29, 1.82) is 0 Å². The van der Waals surface area contributed by atoms with Crippen LogP contribution < -0.4 is 21.1 Å². The summed E-state index contributed by atoms with van der Waals surface area (Å²) in [5.74, 6) is 1.97.